The molecular weight excluding hydrogens is 250 g/mol. The summed E-state index contributed by atoms with van der Waals surface area (Å²) in [6.45, 7) is 1.67. The molecule has 1 aliphatic carbocycles. The van der Waals surface area contributed by atoms with Crippen molar-refractivity contribution in [1.82, 2.24) is 4.90 Å². The number of aliphatic carboxylic acids is 1. The molecule has 98 valence electrons. The summed E-state index contributed by atoms with van der Waals surface area (Å²) in [5, 5.41) is 11.4. The van der Waals surface area contributed by atoms with Crippen LogP contribution in [0.2, 0.25) is 0 Å². The van der Waals surface area contributed by atoms with Crippen LogP contribution in [0.25, 0.3) is 0 Å². The van der Waals surface area contributed by atoms with Crippen LogP contribution in [0.3, 0.4) is 0 Å². The molecular formula is C13H17NO3S. The standard InChI is InChI=1S/C13H17NO3S/c15-13(16)10-8-17-6-5-14(10)12(9-3-4-9)11-2-1-7-18-11/h1-2,7,9-10,12H,3-6,8H2,(H,15,16). The van der Waals surface area contributed by atoms with E-state index in [-0.39, 0.29) is 6.04 Å². The quantitative estimate of drug-likeness (QED) is 0.906. The third kappa shape index (κ3) is 2.30. The van der Waals surface area contributed by atoms with E-state index >= 15 is 0 Å². The molecule has 2 heterocycles. The van der Waals surface area contributed by atoms with Crippen LogP contribution in [0.4, 0.5) is 0 Å². The molecule has 0 spiro atoms. The van der Waals surface area contributed by atoms with Gasteiger partial charge in [0, 0.05) is 17.5 Å². The van der Waals surface area contributed by atoms with Crippen LogP contribution in [0.5, 0.6) is 0 Å². The molecule has 1 aromatic heterocycles. The highest BCUT2D eigenvalue weighted by atomic mass is 32.1. The number of carbonyl (C=O) groups is 1. The minimum absolute atomic E-state index is 0.273. The number of ether oxygens (including phenoxy) is 1. The Morgan fingerprint density at radius 3 is 3.00 bits per heavy atom. The third-order valence-electron chi connectivity index (χ3n) is 3.72. The maximum Gasteiger partial charge on any atom is 0.323 e. The highest BCUT2D eigenvalue weighted by Crippen LogP contribution is 2.46. The number of thiophene rings is 1. The van der Waals surface area contributed by atoms with Crippen LogP contribution in [0.15, 0.2) is 17.5 Å². The first-order chi connectivity index (χ1) is 8.77. The first-order valence-electron chi connectivity index (χ1n) is 6.37. The van der Waals surface area contributed by atoms with Gasteiger partial charge in [-0.3, -0.25) is 9.69 Å². The molecule has 1 N–H and O–H groups in total. The lowest BCUT2D eigenvalue weighted by molar-refractivity contribution is -0.152. The van der Waals surface area contributed by atoms with E-state index in [4.69, 9.17) is 4.74 Å². The van der Waals surface area contributed by atoms with E-state index in [0.29, 0.717) is 19.1 Å². The number of rotatable bonds is 4. The Balaban J connectivity index is 1.86. The van der Waals surface area contributed by atoms with E-state index in [1.54, 1.807) is 11.3 Å². The second-order valence-corrected chi connectivity index (χ2v) is 5.94. The van der Waals surface area contributed by atoms with Crippen LogP contribution in [0.1, 0.15) is 23.8 Å². The van der Waals surface area contributed by atoms with E-state index in [2.05, 4.69) is 16.3 Å². The zero-order chi connectivity index (χ0) is 12.5. The van der Waals surface area contributed by atoms with Gasteiger partial charge in [0.2, 0.25) is 0 Å². The highest BCUT2D eigenvalue weighted by Gasteiger charge is 2.42. The molecule has 0 aromatic carbocycles. The van der Waals surface area contributed by atoms with Gasteiger partial charge in [-0.25, -0.2) is 0 Å². The van der Waals surface area contributed by atoms with Gasteiger partial charge in [0.05, 0.1) is 13.2 Å². The van der Waals surface area contributed by atoms with Gasteiger partial charge in [-0.1, -0.05) is 6.07 Å². The van der Waals surface area contributed by atoms with Gasteiger partial charge in [0.1, 0.15) is 6.04 Å². The molecule has 2 atom stereocenters. The summed E-state index contributed by atoms with van der Waals surface area (Å²) >= 11 is 1.73. The van der Waals surface area contributed by atoms with Crippen LogP contribution >= 0.6 is 11.3 Å². The van der Waals surface area contributed by atoms with E-state index in [0.717, 1.165) is 6.54 Å². The van der Waals surface area contributed by atoms with Crippen molar-refractivity contribution in [3.05, 3.63) is 22.4 Å². The van der Waals surface area contributed by atoms with E-state index in [1.807, 2.05) is 6.07 Å². The van der Waals surface area contributed by atoms with Gasteiger partial charge in [0.15, 0.2) is 0 Å². The van der Waals surface area contributed by atoms with Crippen molar-refractivity contribution in [3.8, 4) is 0 Å². The monoisotopic (exact) mass is 267 g/mol. The molecule has 1 aliphatic heterocycles. The highest BCUT2D eigenvalue weighted by molar-refractivity contribution is 7.10. The Morgan fingerprint density at radius 2 is 2.39 bits per heavy atom. The molecule has 5 heteroatoms. The number of carboxylic acid groups (broad SMARTS) is 1. The van der Waals surface area contributed by atoms with Crippen molar-refractivity contribution in [3.63, 3.8) is 0 Å². The fraction of sp³-hybridized carbons (Fsp3) is 0.615. The number of hydrogen-bond acceptors (Lipinski definition) is 4. The Morgan fingerprint density at radius 1 is 1.56 bits per heavy atom. The van der Waals surface area contributed by atoms with Gasteiger partial charge in [-0.15, -0.1) is 11.3 Å². The Hall–Kier alpha value is -0.910. The maximum atomic E-state index is 11.4. The Labute approximate surface area is 110 Å². The summed E-state index contributed by atoms with van der Waals surface area (Å²) in [7, 11) is 0. The predicted octanol–water partition coefficient (Wildman–Crippen LogP) is 1.98. The summed E-state index contributed by atoms with van der Waals surface area (Å²) in [4.78, 5) is 14.8. The minimum Gasteiger partial charge on any atom is -0.480 e. The summed E-state index contributed by atoms with van der Waals surface area (Å²) in [5.41, 5.74) is 0. The van der Waals surface area contributed by atoms with Crippen molar-refractivity contribution in [2.24, 2.45) is 5.92 Å². The second kappa shape index (κ2) is 4.99. The zero-order valence-electron chi connectivity index (χ0n) is 10.1. The van der Waals surface area contributed by atoms with Crippen LogP contribution in [-0.2, 0) is 9.53 Å². The predicted molar refractivity (Wildman–Crippen MR) is 68.7 cm³/mol. The first kappa shape index (κ1) is 12.1. The molecule has 2 fully saturated rings. The molecule has 2 aliphatic rings. The summed E-state index contributed by atoms with van der Waals surface area (Å²) in [6.07, 6.45) is 2.43. The summed E-state index contributed by atoms with van der Waals surface area (Å²) in [5.74, 6) is -0.138. The molecule has 0 radical (unpaired) electrons. The Bertz CT molecular complexity index is 416. The number of carboxylic acids is 1. The molecule has 0 bridgehead atoms. The normalized spacial score (nSPS) is 27.0. The number of nitrogens with zero attached hydrogens (tertiary/aromatic N) is 1. The van der Waals surface area contributed by atoms with Crippen molar-refractivity contribution in [1.29, 1.82) is 0 Å². The molecule has 18 heavy (non-hydrogen) atoms. The smallest absolute Gasteiger partial charge is 0.323 e. The van der Waals surface area contributed by atoms with Crippen LogP contribution in [-0.4, -0.2) is 41.8 Å². The molecule has 1 saturated carbocycles. The van der Waals surface area contributed by atoms with Gasteiger partial charge in [-0.2, -0.15) is 0 Å². The van der Waals surface area contributed by atoms with Gasteiger partial charge in [-0.05, 0) is 30.2 Å². The SMILES string of the molecule is O=C(O)C1COCCN1C(c1cccs1)C1CC1. The first-order valence-corrected chi connectivity index (χ1v) is 7.25. The van der Waals surface area contributed by atoms with Crippen LogP contribution < -0.4 is 0 Å². The fourth-order valence-corrected chi connectivity index (χ4v) is 3.64. The zero-order valence-corrected chi connectivity index (χ0v) is 10.9. The van der Waals surface area contributed by atoms with E-state index in [9.17, 15) is 9.90 Å². The summed E-state index contributed by atoms with van der Waals surface area (Å²) < 4.78 is 5.32. The molecule has 2 unspecified atom stereocenters. The van der Waals surface area contributed by atoms with Gasteiger partial charge in [0.25, 0.3) is 0 Å². The number of morpholine rings is 1. The van der Waals surface area contributed by atoms with E-state index < -0.39 is 12.0 Å². The molecule has 0 amide bonds. The molecule has 3 rings (SSSR count). The maximum absolute atomic E-state index is 11.4. The topological polar surface area (TPSA) is 49.8 Å². The van der Waals surface area contributed by atoms with Crippen molar-refractivity contribution < 1.29 is 14.6 Å². The van der Waals surface area contributed by atoms with Gasteiger partial charge >= 0.3 is 5.97 Å². The van der Waals surface area contributed by atoms with Crippen molar-refractivity contribution in [2.45, 2.75) is 24.9 Å². The lowest BCUT2D eigenvalue weighted by Gasteiger charge is -2.38. The molecule has 4 nitrogen and oxygen atoms in total. The lowest BCUT2D eigenvalue weighted by Crippen LogP contribution is -2.51. The van der Waals surface area contributed by atoms with E-state index in [1.165, 1.54) is 17.7 Å². The fourth-order valence-electron chi connectivity index (χ4n) is 2.70. The average Bonchev–Trinajstić information content (AvgIpc) is 3.05. The second-order valence-electron chi connectivity index (χ2n) is 4.96. The van der Waals surface area contributed by atoms with Crippen molar-refractivity contribution in [2.75, 3.05) is 19.8 Å². The summed E-state index contributed by atoms with van der Waals surface area (Å²) in [6, 6.07) is 3.95. The number of hydrogen-bond donors (Lipinski definition) is 1. The molecule has 1 saturated heterocycles. The largest absolute Gasteiger partial charge is 0.480 e. The third-order valence-corrected chi connectivity index (χ3v) is 4.66. The minimum atomic E-state index is -0.767. The Kier molecular flexibility index (Phi) is 3.37. The average molecular weight is 267 g/mol. The molecule has 1 aromatic rings. The van der Waals surface area contributed by atoms with Crippen LogP contribution in [0, 0.1) is 5.92 Å². The van der Waals surface area contributed by atoms with Crippen molar-refractivity contribution >= 4 is 17.3 Å². The lowest BCUT2D eigenvalue weighted by atomic mass is 10.1. The van der Waals surface area contributed by atoms with Gasteiger partial charge < -0.3 is 9.84 Å².